The van der Waals surface area contributed by atoms with Crippen molar-refractivity contribution in [2.45, 2.75) is 58.5 Å². The second-order valence-corrected chi connectivity index (χ2v) is 6.94. The second kappa shape index (κ2) is 9.94. The van der Waals surface area contributed by atoms with Crippen LogP contribution in [0.1, 0.15) is 51.5 Å². The Hall–Kier alpha value is -2.37. The fraction of sp³-hybridized carbons (Fsp3) is 0.550. The maximum absolute atomic E-state index is 12.1. The summed E-state index contributed by atoms with van der Waals surface area (Å²) >= 11 is 0. The monoisotopic (exact) mass is 360 g/mol. The van der Waals surface area contributed by atoms with E-state index in [4.69, 9.17) is 4.74 Å². The predicted molar refractivity (Wildman–Crippen MR) is 99.6 cm³/mol. The van der Waals surface area contributed by atoms with Crippen molar-refractivity contribution in [3.05, 3.63) is 29.8 Å². The third kappa shape index (κ3) is 6.86. The lowest BCUT2D eigenvalue weighted by Gasteiger charge is -2.22. The highest BCUT2D eigenvalue weighted by molar-refractivity contribution is 5.88. The van der Waals surface area contributed by atoms with E-state index in [1.807, 2.05) is 0 Å². The van der Waals surface area contributed by atoms with Gasteiger partial charge in [0, 0.05) is 19.2 Å². The Bertz CT molecular complexity index is 621. The lowest BCUT2D eigenvalue weighted by molar-refractivity contribution is -0.154. The zero-order chi connectivity index (χ0) is 18.9. The highest BCUT2D eigenvalue weighted by Crippen LogP contribution is 2.22. The van der Waals surface area contributed by atoms with Gasteiger partial charge in [-0.2, -0.15) is 0 Å². The molecule has 0 aliphatic heterocycles. The molecule has 6 nitrogen and oxygen atoms in total. The molecule has 142 valence electrons. The fourth-order valence-electron chi connectivity index (χ4n) is 3.15. The van der Waals surface area contributed by atoms with Crippen molar-refractivity contribution >= 4 is 23.5 Å². The minimum Gasteiger partial charge on any atom is -0.452 e. The molecule has 6 heteroatoms. The summed E-state index contributed by atoms with van der Waals surface area (Å²) < 4.78 is 5.23. The second-order valence-electron chi connectivity index (χ2n) is 6.94. The minimum absolute atomic E-state index is 0.0839. The number of esters is 1. The van der Waals surface area contributed by atoms with Crippen LogP contribution in [-0.2, 0) is 25.5 Å². The summed E-state index contributed by atoms with van der Waals surface area (Å²) in [6.07, 6.45) is 5.33. The van der Waals surface area contributed by atoms with Crippen molar-refractivity contribution in [3.63, 3.8) is 0 Å². The zero-order valence-corrected chi connectivity index (χ0v) is 15.5. The lowest BCUT2D eigenvalue weighted by Crippen LogP contribution is -2.39. The van der Waals surface area contributed by atoms with E-state index in [2.05, 4.69) is 10.6 Å². The van der Waals surface area contributed by atoms with Gasteiger partial charge in [-0.15, -0.1) is 0 Å². The molecular formula is C20H28N2O4. The third-order valence-electron chi connectivity index (χ3n) is 4.59. The smallest absolute Gasteiger partial charge is 0.311 e. The first-order valence-electron chi connectivity index (χ1n) is 9.27. The Balaban J connectivity index is 1.73. The molecular weight excluding hydrogens is 332 g/mol. The van der Waals surface area contributed by atoms with Crippen molar-refractivity contribution in [2.24, 2.45) is 5.92 Å². The zero-order valence-electron chi connectivity index (χ0n) is 15.5. The number of carbonyl (C=O) groups excluding carboxylic acids is 3. The van der Waals surface area contributed by atoms with Crippen LogP contribution in [0.25, 0.3) is 0 Å². The summed E-state index contributed by atoms with van der Waals surface area (Å²) in [5, 5.41) is 5.56. The average Bonchev–Trinajstić information content (AvgIpc) is 2.61. The molecule has 2 amide bonds. The highest BCUT2D eigenvalue weighted by atomic mass is 16.5. The number of hydrogen-bond acceptors (Lipinski definition) is 4. The van der Waals surface area contributed by atoms with E-state index >= 15 is 0 Å². The largest absolute Gasteiger partial charge is 0.452 e. The van der Waals surface area contributed by atoms with E-state index in [0.717, 1.165) is 18.4 Å². The molecule has 26 heavy (non-hydrogen) atoms. The number of hydrogen-bond donors (Lipinski definition) is 2. The maximum Gasteiger partial charge on any atom is 0.311 e. The van der Waals surface area contributed by atoms with Gasteiger partial charge in [-0.3, -0.25) is 14.4 Å². The molecule has 0 unspecified atom stereocenters. The number of rotatable bonds is 7. The van der Waals surface area contributed by atoms with Gasteiger partial charge in [-0.25, -0.2) is 0 Å². The van der Waals surface area contributed by atoms with E-state index < -0.39 is 12.1 Å². The van der Waals surface area contributed by atoms with Gasteiger partial charge in [0.15, 0.2) is 6.10 Å². The molecule has 1 aromatic rings. The normalized spacial score (nSPS) is 15.8. The van der Waals surface area contributed by atoms with Crippen molar-refractivity contribution in [1.82, 2.24) is 5.32 Å². The van der Waals surface area contributed by atoms with Gasteiger partial charge >= 0.3 is 5.97 Å². The molecule has 2 rings (SSSR count). The molecule has 0 saturated heterocycles. The number of carbonyl (C=O) groups is 3. The average molecular weight is 360 g/mol. The summed E-state index contributed by atoms with van der Waals surface area (Å²) in [6.45, 7) is 3.69. The van der Waals surface area contributed by atoms with Gasteiger partial charge in [0.2, 0.25) is 5.91 Å². The van der Waals surface area contributed by atoms with Gasteiger partial charge < -0.3 is 15.4 Å². The Morgan fingerprint density at radius 1 is 1.12 bits per heavy atom. The molecule has 2 N–H and O–H groups in total. The summed E-state index contributed by atoms with van der Waals surface area (Å²) in [6, 6.07) is 6.95. The molecule has 0 heterocycles. The van der Waals surface area contributed by atoms with Gasteiger partial charge in [0.1, 0.15) is 0 Å². The topological polar surface area (TPSA) is 84.5 Å². The van der Waals surface area contributed by atoms with Crippen LogP contribution in [0.4, 0.5) is 5.69 Å². The van der Waals surface area contributed by atoms with Crippen molar-refractivity contribution in [2.75, 3.05) is 11.9 Å². The van der Waals surface area contributed by atoms with Gasteiger partial charge in [0.25, 0.3) is 5.91 Å². The Kier molecular flexibility index (Phi) is 7.63. The van der Waals surface area contributed by atoms with Crippen LogP contribution < -0.4 is 10.6 Å². The van der Waals surface area contributed by atoms with Crippen LogP contribution in [0, 0.1) is 5.92 Å². The van der Waals surface area contributed by atoms with Gasteiger partial charge in [-0.05, 0) is 43.4 Å². The molecule has 1 aliphatic rings. The first-order chi connectivity index (χ1) is 12.4. The predicted octanol–water partition coefficient (Wildman–Crippen LogP) is 2.82. The summed E-state index contributed by atoms with van der Waals surface area (Å²) in [4.78, 5) is 35.1. The molecule has 0 aromatic heterocycles. The molecule has 1 atom stereocenters. The summed E-state index contributed by atoms with van der Waals surface area (Å²) in [5.41, 5.74) is 1.43. The molecule has 0 spiro atoms. The van der Waals surface area contributed by atoms with E-state index in [9.17, 15) is 14.4 Å². The molecule has 1 aromatic carbocycles. The van der Waals surface area contributed by atoms with E-state index in [-0.39, 0.29) is 18.2 Å². The first-order valence-corrected chi connectivity index (χ1v) is 9.27. The molecule has 1 saturated carbocycles. The van der Waals surface area contributed by atoms with Gasteiger partial charge in [0.05, 0.1) is 6.42 Å². The maximum atomic E-state index is 12.1. The van der Waals surface area contributed by atoms with Crippen LogP contribution >= 0.6 is 0 Å². The Labute approximate surface area is 154 Å². The summed E-state index contributed by atoms with van der Waals surface area (Å²) in [5.74, 6) is -0.300. The lowest BCUT2D eigenvalue weighted by atomic mass is 9.89. The first kappa shape index (κ1) is 19.9. The summed E-state index contributed by atoms with van der Waals surface area (Å²) in [7, 11) is 0. The fourth-order valence-corrected chi connectivity index (χ4v) is 3.15. The third-order valence-corrected chi connectivity index (χ3v) is 4.59. The van der Waals surface area contributed by atoms with Crippen molar-refractivity contribution < 1.29 is 19.1 Å². The number of ether oxygens (including phenoxy) is 1. The van der Waals surface area contributed by atoms with E-state index in [0.29, 0.717) is 18.2 Å². The SMILES string of the molecule is CC(=O)Nc1ccc(CC(=O)O[C@H](C)C(=O)NCC2CCCCC2)cc1. The van der Waals surface area contributed by atoms with Crippen LogP contribution in [0.3, 0.4) is 0 Å². The van der Waals surface area contributed by atoms with Crippen LogP contribution in [0.15, 0.2) is 24.3 Å². The Morgan fingerprint density at radius 2 is 1.77 bits per heavy atom. The van der Waals surface area contributed by atoms with Crippen LogP contribution in [0.2, 0.25) is 0 Å². The number of benzene rings is 1. The molecule has 1 aliphatic carbocycles. The van der Waals surface area contributed by atoms with Crippen molar-refractivity contribution in [1.29, 1.82) is 0 Å². The number of anilines is 1. The van der Waals surface area contributed by atoms with Crippen LogP contribution in [-0.4, -0.2) is 30.4 Å². The minimum atomic E-state index is -0.801. The van der Waals surface area contributed by atoms with Crippen molar-refractivity contribution in [3.8, 4) is 0 Å². The standard InChI is InChI=1S/C20H28N2O4/c1-14(20(25)21-13-17-6-4-3-5-7-17)26-19(24)12-16-8-10-18(11-9-16)22-15(2)23/h8-11,14,17H,3-7,12-13H2,1-2H3,(H,21,25)(H,22,23)/t14-/m1/s1. The van der Waals surface area contributed by atoms with E-state index in [1.165, 1.54) is 26.2 Å². The number of nitrogens with one attached hydrogen (secondary N) is 2. The van der Waals surface area contributed by atoms with E-state index in [1.54, 1.807) is 31.2 Å². The molecule has 1 fully saturated rings. The molecule has 0 radical (unpaired) electrons. The molecule has 0 bridgehead atoms. The Morgan fingerprint density at radius 3 is 2.38 bits per heavy atom. The number of amides is 2. The van der Waals surface area contributed by atoms with Gasteiger partial charge in [-0.1, -0.05) is 31.4 Å². The highest BCUT2D eigenvalue weighted by Gasteiger charge is 2.20. The van der Waals surface area contributed by atoms with Crippen LogP contribution in [0.5, 0.6) is 0 Å². The quantitative estimate of drug-likeness (QED) is 0.732.